The van der Waals surface area contributed by atoms with Gasteiger partial charge in [0.25, 0.3) is 0 Å². The third-order valence-corrected chi connectivity index (χ3v) is 3.03. The van der Waals surface area contributed by atoms with Crippen LogP contribution in [0.3, 0.4) is 0 Å². The quantitative estimate of drug-likeness (QED) is 0.792. The molecule has 0 fully saturated rings. The second kappa shape index (κ2) is 8.90. The van der Waals surface area contributed by atoms with E-state index in [9.17, 15) is 0 Å². The minimum Gasteiger partial charge on any atom is -0.367 e. The zero-order valence-corrected chi connectivity index (χ0v) is 13.7. The number of rotatable bonds is 6. The molecule has 2 rings (SSSR count). The number of likely N-dealkylation sites (N-methyl/N-ethyl adjacent to an activating group) is 1. The average Bonchev–Trinajstić information content (AvgIpc) is 2.45. The van der Waals surface area contributed by atoms with Crippen LogP contribution in [-0.4, -0.2) is 32.1 Å². The van der Waals surface area contributed by atoms with Crippen LogP contribution in [0.25, 0.3) is 0 Å². The molecule has 0 radical (unpaired) electrons. The van der Waals surface area contributed by atoms with E-state index in [0.29, 0.717) is 0 Å². The summed E-state index contributed by atoms with van der Waals surface area (Å²) in [5.74, 6) is 0. The van der Waals surface area contributed by atoms with Crippen molar-refractivity contribution >= 4 is 17.0 Å². The van der Waals surface area contributed by atoms with Crippen molar-refractivity contribution in [2.75, 3.05) is 27.2 Å². The molecule has 0 heterocycles. The van der Waals surface area contributed by atoms with Crippen molar-refractivity contribution in [1.29, 1.82) is 0 Å². The first kappa shape index (κ1) is 16.9. The summed E-state index contributed by atoms with van der Waals surface area (Å²) in [4.78, 5) is 2.13. The van der Waals surface area contributed by atoms with E-state index < -0.39 is 0 Å². The number of hydrogen-bond acceptors (Lipinski definition) is 2. The molecule has 0 N–H and O–H groups in total. The zero-order valence-electron chi connectivity index (χ0n) is 12.0. The Morgan fingerprint density at radius 2 is 1.30 bits per heavy atom. The van der Waals surface area contributed by atoms with Gasteiger partial charge in [-0.3, -0.25) is 0 Å². The maximum Gasteiger partial charge on any atom is 0.108 e. The minimum absolute atomic E-state index is 0. The van der Waals surface area contributed by atoms with Gasteiger partial charge in [-0.2, -0.15) is 0 Å². The standard InChI is InChI=1S/C17H21NO.BrH/c1-18(2)13-14-19-17(15-9-5-3-6-10-15)16-11-7-4-8-12-16;/h3-12,17H,13-14H2,1-2H3;1H. The Bertz CT molecular complexity index is 433. The fourth-order valence-corrected chi connectivity index (χ4v) is 1.99. The van der Waals surface area contributed by atoms with E-state index in [2.05, 4.69) is 67.5 Å². The van der Waals surface area contributed by atoms with Gasteiger partial charge in [0.2, 0.25) is 0 Å². The Morgan fingerprint density at radius 3 is 1.70 bits per heavy atom. The Hall–Kier alpha value is -1.16. The summed E-state index contributed by atoms with van der Waals surface area (Å²) < 4.78 is 6.08. The molecule has 108 valence electrons. The monoisotopic (exact) mass is 335 g/mol. The van der Waals surface area contributed by atoms with Gasteiger partial charge in [0, 0.05) is 6.54 Å². The minimum atomic E-state index is 0. The highest BCUT2D eigenvalue weighted by Gasteiger charge is 2.13. The van der Waals surface area contributed by atoms with Gasteiger partial charge in [-0.25, -0.2) is 0 Å². The molecule has 0 aliphatic heterocycles. The van der Waals surface area contributed by atoms with Crippen LogP contribution in [0, 0.1) is 0 Å². The van der Waals surface area contributed by atoms with E-state index in [1.165, 1.54) is 11.1 Å². The first-order valence-electron chi connectivity index (χ1n) is 6.63. The van der Waals surface area contributed by atoms with Gasteiger partial charge < -0.3 is 9.64 Å². The number of halogens is 1. The fourth-order valence-electron chi connectivity index (χ4n) is 1.99. The van der Waals surface area contributed by atoms with Gasteiger partial charge in [-0.1, -0.05) is 60.7 Å². The molecule has 0 aliphatic carbocycles. The third kappa shape index (κ3) is 5.08. The molecule has 3 heteroatoms. The molecule has 0 amide bonds. The van der Waals surface area contributed by atoms with E-state index in [1.54, 1.807) is 0 Å². The van der Waals surface area contributed by atoms with Crippen LogP contribution in [0.4, 0.5) is 0 Å². The van der Waals surface area contributed by atoms with Gasteiger partial charge in [0.1, 0.15) is 6.10 Å². The van der Waals surface area contributed by atoms with Crippen LogP contribution in [-0.2, 0) is 4.74 Å². The van der Waals surface area contributed by atoms with Crippen LogP contribution in [0.2, 0.25) is 0 Å². The highest BCUT2D eigenvalue weighted by Crippen LogP contribution is 2.25. The SMILES string of the molecule is Br.CN(C)CCOC(c1ccccc1)c1ccccc1. The lowest BCUT2D eigenvalue weighted by Gasteiger charge is -2.20. The van der Waals surface area contributed by atoms with Gasteiger partial charge in [-0.05, 0) is 25.2 Å². The zero-order chi connectivity index (χ0) is 13.5. The molecule has 2 aromatic carbocycles. The lowest BCUT2D eigenvalue weighted by molar-refractivity contribution is 0.0687. The molecule has 0 aliphatic rings. The maximum atomic E-state index is 6.08. The van der Waals surface area contributed by atoms with Crippen molar-refractivity contribution in [3.05, 3.63) is 71.8 Å². The lowest BCUT2D eigenvalue weighted by atomic mass is 10.0. The van der Waals surface area contributed by atoms with Crippen molar-refractivity contribution in [2.45, 2.75) is 6.10 Å². The highest BCUT2D eigenvalue weighted by atomic mass is 79.9. The number of hydrogen-bond donors (Lipinski definition) is 0. The topological polar surface area (TPSA) is 12.5 Å². The molecule has 0 aromatic heterocycles. The van der Waals surface area contributed by atoms with Gasteiger partial charge in [0.15, 0.2) is 0 Å². The highest BCUT2D eigenvalue weighted by molar-refractivity contribution is 8.93. The second-order valence-corrected chi connectivity index (χ2v) is 4.88. The summed E-state index contributed by atoms with van der Waals surface area (Å²) >= 11 is 0. The average molecular weight is 336 g/mol. The first-order chi connectivity index (χ1) is 9.27. The van der Waals surface area contributed by atoms with Crippen LogP contribution in [0.15, 0.2) is 60.7 Å². The third-order valence-electron chi connectivity index (χ3n) is 3.03. The van der Waals surface area contributed by atoms with Gasteiger partial charge in [-0.15, -0.1) is 17.0 Å². The van der Waals surface area contributed by atoms with E-state index >= 15 is 0 Å². The van der Waals surface area contributed by atoms with Crippen LogP contribution in [0.1, 0.15) is 17.2 Å². The van der Waals surface area contributed by atoms with Gasteiger partial charge in [0.05, 0.1) is 6.61 Å². The van der Waals surface area contributed by atoms with E-state index in [-0.39, 0.29) is 23.1 Å². The van der Waals surface area contributed by atoms with Crippen molar-refractivity contribution in [1.82, 2.24) is 4.90 Å². The number of ether oxygens (including phenoxy) is 1. The largest absolute Gasteiger partial charge is 0.367 e. The van der Waals surface area contributed by atoms with Crippen LogP contribution >= 0.6 is 17.0 Å². The van der Waals surface area contributed by atoms with E-state index in [0.717, 1.165) is 13.2 Å². The Kier molecular flexibility index (Phi) is 7.52. The smallest absolute Gasteiger partial charge is 0.108 e. The molecule has 2 nitrogen and oxygen atoms in total. The predicted octanol–water partition coefficient (Wildman–Crippen LogP) is 3.93. The predicted molar refractivity (Wildman–Crippen MR) is 89.6 cm³/mol. The summed E-state index contributed by atoms with van der Waals surface area (Å²) in [5, 5.41) is 0. The summed E-state index contributed by atoms with van der Waals surface area (Å²) in [6, 6.07) is 20.8. The molecule has 0 saturated carbocycles. The van der Waals surface area contributed by atoms with Crippen LogP contribution in [0.5, 0.6) is 0 Å². The Morgan fingerprint density at radius 1 is 0.850 bits per heavy atom. The van der Waals surface area contributed by atoms with Crippen molar-refractivity contribution in [3.63, 3.8) is 0 Å². The van der Waals surface area contributed by atoms with E-state index in [4.69, 9.17) is 4.74 Å². The number of nitrogens with zero attached hydrogens (tertiary/aromatic N) is 1. The lowest BCUT2D eigenvalue weighted by Crippen LogP contribution is -2.20. The number of benzene rings is 2. The molecule has 20 heavy (non-hydrogen) atoms. The van der Waals surface area contributed by atoms with E-state index in [1.807, 2.05) is 12.1 Å². The maximum absolute atomic E-state index is 6.08. The molecule has 0 bridgehead atoms. The summed E-state index contributed by atoms with van der Waals surface area (Å²) in [5.41, 5.74) is 2.40. The van der Waals surface area contributed by atoms with Crippen LogP contribution < -0.4 is 0 Å². The molecule has 2 aromatic rings. The second-order valence-electron chi connectivity index (χ2n) is 4.88. The summed E-state index contributed by atoms with van der Waals surface area (Å²) in [6.07, 6.45) is 0.0161. The molecule has 0 saturated heterocycles. The van der Waals surface area contributed by atoms with Crippen molar-refractivity contribution in [2.24, 2.45) is 0 Å². The molecular formula is C17H22BrNO. The van der Waals surface area contributed by atoms with Gasteiger partial charge >= 0.3 is 0 Å². The molecule has 0 spiro atoms. The molecule has 0 atom stereocenters. The Labute approximate surface area is 132 Å². The van der Waals surface area contributed by atoms with Crippen molar-refractivity contribution in [3.8, 4) is 0 Å². The van der Waals surface area contributed by atoms with Crippen molar-refractivity contribution < 1.29 is 4.74 Å². The normalized spacial score (nSPS) is 10.6. The first-order valence-corrected chi connectivity index (χ1v) is 6.63. The summed E-state index contributed by atoms with van der Waals surface area (Å²) in [7, 11) is 4.12. The Balaban J connectivity index is 0.00000200. The fraction of sp³-hybridized carbons (Fsp3) is 0.294. The molecular weight excluding hydrogens is 314 g/mol. The summed E-state index contributed by atoms with van der Waals surface area (Å²) in [6.45, 7) is 1.65. The molecule has 0 unspecified atom stereocenters.